The average molecular weight is 261 g/mol. The highest BCUT2D eigenvalue weighted by atomic mass is 16.3. The minimum atomic E-state index is -0.504. The van der Waals surface area contributed by atoms with Crippen LogP contribution < -0.4 is 5.32 Å². The van der Waals surface area contributed by atoms with Crippen LogP contribution in [0.4, 0.5) is 5.69 Å². The van der Waals surface area contributed by atoms with E-state index in [1.165, 1.54) is 25.7 Å². The number of anilines is 1. The number of hydrogen-bond donors (Lipinski definition) is 2. The standard InChI is InChI=1S/C16H23NO2/c1-12(18)14-7-4-8-15(11-14)17-16(19)10-9-13-5-2-3-6-13/h4,7-8,11-13,18H,2-3,5-6,9-10H2,1H3,(H,17,19). The molecule has 1 atom stereocenters. The molecule has 1 saturated carbocycles. The molecule has 0 bridgehead atoms. The van der Waals surface area contributed by atoms with Gasteiger partial charge in [-0.25, -0.2) is 0 Å². The van der Waals surface area contributed by atoms with E-state index in [-0.39, 0.29) is 5.91 Å². The van der Waals surface area contributed by atoms with Crippen LogP contribution in [0.2, 0.25) is 0 Å². The van der Waals surface area contributed by atoms with Gasteiger partial charge in [-0.05, 0) is 37.0 Å². The topological polar surface area (TPSA) is 49.3 Å². The number of aliphatic hydroxyl groups excluding tert-OH is 1. The molecule has 1 amide bonds. The molecule has 0 aliphatic heterocycles. The van der Waals surface area contributed by atoms with Crippen molar-refractivity contribution in [2.24, 2.45) is 5.92 Å². The van der Waals surface area contributed by atoms with Crippen molar-refractivity contribution in [1.82, 2.24) is 0 Å². The molecule has 0 heterocycles. The maximum atomic E-state index is 11.9. The van der Waals surface area contributed by atoms with E-state index in [0.717, 1.165) is 23.6 Å². The van der Waals surface area contributed by atoms with Crippen LogP contribution in [0.3, 0.4) is 0 Å². The van der Waals surface area contributed by atoms with Gasteiger partial charge < -0.3 is 10.4 Å². The molecule has 0 saturated heterocycles. The first kappa shape index (κ1) is 14.1. The fourth-order valence-electron chi connectivity index (χ4n) is 2.73. The molecule has 3 nitrogen and oxygen atoms in total. The number of hydrogen-bond acceptors (Lipinski definition) is 2. The molecular weight excluding hydrogens is 238 g/mol. The van der Waals surface area contributed by atoms with Crippen molar-refractivity contribution in [3.05, 3.63) is 29.8 Å². The lowest BCUT2D eigenvalue weighted by Crippen LogP contribution is -2.13. The first-order valence-corrected chi connectivity index (χ1v) is 7.23. The van der Waals surface area contributed by atoms with Gasteiger partial charge in [0.15, 0.2) is 0 Å². The molecule has 19 heavy (non-hydrogen) atoms. The maximum Gasteiger partial charge on any atom is 0.224 e. The smallest absolute Gasteiger partial charge is 0.224 e. The Morgan fingerprint density at radius 3 is 2.84 bits per heavy atom. The zero-order chi connectivity index (χ0) is 13.7. The third-order valence-electron chi connectivity index (χ3n) is 3.91. The maximum absolute atomic E-state index is 11.9. The number of benzene rings is 1. The van der Waals surface area contributed by atoms with Crippen LogP contribution in [0.15, 0.2) is 24.3 Å². The van der Waals surface area contributed by atoms with Crippen molar-refractivity contribution >= 4 is 11.6 Å². The molecule has 1 fully saturated rings. The van der Waals surface area contributed by atoms with Gasteiger partial charge in [0.25, 0.3) is 0 Å². The summed E-state index contributed by atoms with van der Waals surface area (Å²) in [5.74, 6) is 0.823. The fraction of sp³-hybridized carbons (Fsp3) is 0.562. The van der Waals surface area contributed by atoms with Crippen LogP contribution in [-0.2, 0) is 4.79 Å². The van der Waals surface area contributed by atoms with Gasteiger partial charge in [-0.3, -0.25) is 4.79 Å². The Hall–Kier alpha value is -1.35. The minimum Gasteiger partial charge on any atom is -0.389 e. The van der Waals surface area contributed by atoms with Gasteiger partial charge >= 0.3 is 0 Å². The average Bonchev–Trinajstić information content (AvgIpc) is 2.90. The number of carbonyl (C=O) groups excluding carboxylic acids is 1. The van der Waals surface area contributed by atoms with Gasteiger partial charge in [0.2, 0.25) is 5.91 Å². The molecule has 0 spiro atoms. The van der Waals surface area contributed by atoms with Crippen LogP contribution in [0.25, 0.3) is 0 Å². The van der Waals surface area contributed by atoms with Crippen LogP contribution >= 0.6 is 0 Å². The molecule has 3 heteroatoms. The Labute approximate surface area is 115 Å². The van der Waals surface area contributed by atoms with Crippen molar-refractivity contribution in [3.63, 3.8) is 0 Å². The Kier molecular flexibility index (Phi) is 4.97. The van der Waals surface area contributed by atoms with E-state index >= 15 is 0 Å². The number of nitrogens with one attached hydrogen (secondary N) is 1. The van der Waals surface area contributed by atoms with E-state index < -0.39 is 6.10 Å². The molecule has 1 aliphatic rings. The van der Waals surface area contributed by atoms with Crippen LogP contribution in [0.1, 0.15) is 57.1 Å². The Morgan fingerprint density at radius 1 is 1.42 bits per heavy atom. The summed E-state index contributed by atoms with van der Waals surface area (Å²) in [5.41, 5.74) is 1.60. The minimum absolute atomic E-state index is 0.0784. The van der Waals surface area contributed by atoms with Crippen molar-refractivity contribution in [2.75, 3.05) is 5.32 Å². The molecule has 104 valence electrons. The summed E-state index contributed by atoms with van der Waals surface area (Å²) in [6.45, 7) is 1.72. The highest BCUT2D eigenvalue weighted by Gasteiger charge is 2.16. The lowest BCUT2D eigenvalue weighted by Gasteiger charge is -2.11. The number of amides is 1. The summed E-state index contributed by atoms with van der Waals surface area (Å²) in [6, 6.07) is 7.41. The lowest BCUT2D eigenvalue weighted by molar-refractivity contribution is -0.116. The van der Waals surface area contributed by atoms with E-state index in [1.54, 1.807) is 6.92 Å². The molecule has 2 N–H and O–H groups in total. The van der Waals surface area contributed by atoms with Gasteiger partial charge in [-0.2, -0.15) is 0 Å². The number of rotatable bonds is 5. The summed E-state index contributed by atoms with van der Waals surface area (Å²) in [7, 11) is 0. The Bertz CT molecular complexity index is 423. The van der Waals surface area contributed by atoms with Gasteiger partial charge in [-0.15, -0.1) is 0 Å². The molecule has 1 aliphatic carbocycles. The quantitative estimate of drug-likeness (QED) is 0.850. The van der Waals surface area contributed by atoms with Crippen molar-refractivity contribution in [2.45, 2.75) is 51.6 Å². The van der Waals surface area contributed by atoms with Gasteiger partial charge in [0, 0.05) is 12.1 Å². The summed E-state index contributed by atoms with van der Waals surface area (Å²) >= 11 is 0. The van der Waals surface area contributed by atoms with Crippen molar-refractivity contribution < 1.29 is 9.90 Å². The second kappa shape index (κ2) is 6.71. The van der Waals surface area contributed by atoms with Crippen molar-refractivity contribution in [1.29, 1.82) is 0 Å². The predicted octanol–water partition coefficient (Wildman–Crippen LogP) is 3.65. The first-order chi connectivity index (χ1) is 9.15. The van der Waals surface area contributed by atoms with Crippen molar-refractivity contribution in [3.8, 4) is 0 Å². The molecule has 1 unspecified atom stereocenters. The molecule has 1 aromatic carbocycles. The highest BCUT2D eigenvalue weighted by Crippen LogP contribution is 2.28. The zero-order valence-corrected chi connectivity index (χ0v) is 11.6. The number of aliphatic hydroxyl groups is 1. The van der Waals surface area contributed by atoms with E-state index in [9.17, 15) is 9.90 Å². The van der Waals surface area contributed by atoms with Gasteiger partial charge in [-0.1, -0.05) is 37.8 Å². The monoisotopic (exact) mass is 261 g/mol. The molecule has 2 rings (SSSR count). The summed E-state index contributed by atoms with van der Waals surface area (Å²) in [4.78, 5) is 11.9. The van der Waals surface area contributed by atoms with Gasteiger partial charge in [0.1, 0.15) is 0 Å². The molecule has 1 aromatic rings. The second-order valence-corrected chi connectivity index (χ2v) is 5.54. The normalized spacial score (nSPS) is 17.4. The van der Waals surface area contributed by atoms with E-state index in [0.29, 0.717) is 6.42 Å². The summed E-state index contributed by atoms with van der Waals surface area (Å²) < 4.78 is 0. The predicted molar refractivity (Wildman–Crippen MR) is 76.9 cm³/mol. The third-order valence-corrected chi connectivity index (χ3v) is 3.91. The molecular formula is C16H23NO2. The third kappa shape index (κ3) is 4.35. The first-order valence-electron chi connectivity index (χ1n) is 7.23. The Morgan fingerprint density at radius 2 is 2.16 bits per heavy atom. The second-order valence-electron chi connectivity index (χ2n) is 5.54. The van der Waals surface area contributed by atoms with Gasteiger partial charge in [0.05, 0.1) is 6.10 Å². The van der Waals surface area contributed by atoms with E-state index in [2.05, 4.69) is 5.32 Å². The van der Waals surface area contributed by atoms with Crippen LogP contribution in [0, 0.1) is 5.92 Å². The molecule has 0 radical (unpaired) electrons. The fourth-order valence-corrected chi connectivity index (χ4v) is 2.73. The van der Waals surface area contributed by atoms with E-state index in [1.807, 2.05) is 24.3 Å². The zero-order valence-electron chi connectivity index (χ0n) is 11.6. The lowest BCUT2D eigenvalue weighted by atomic mass is 10.0. The largest absolute Gasteiger partial charge is 0.389 e. The van der Waals surface area contributed by atoms with Crippen LogP contribution in [0.5, 0.6) is 0 Å². The Balaban J connectivity index is 1.82. The summed E-state index contributed by atoms with van der Waals surface area (Å²) in [6.07, 6.45) is 6.31. The summed E-state index contributed by atoms with van der Waals surface area (Å²) in [5, 5.41) is 12.4. The van der Waals surface area contributed by atoms with E-state index in [4.69, 9.17) is 0 Å². The SMILES string of the molecule is CC(O)c1cccc(NC(=O)CCC2CCCC2)c1. The molecule has 0 aromatic heterocycles. The highest BCUT2D eigenvalue weighted by molar-refractivity contribution is 5.90. The number of carbonyl (C=O) groups is 1. The van der Waals surface area contributed by atoms with Crippen LogP contribution in [-0.4, -0.2) is 11.0 Å².